The molecule has 0 saturated heterocycles. The van der Waals surface area contributed by atoms with Gasteiger partial charge in [0.2, 0.25) is 0 Å². The molecule has 3 nitrogen and oxygen atoms in total. The van der Waals surface area contributed by atoms with E-state index in [1.54, 1.807) is 0 Å². The summed E-state index contributed by atoms with van der Waals surface area (Å²) in [6.45, 7) is 4.52. The Balaban J connectivity index is 1.96. The summed E-state index contributed by atoms with van der Waals surface area (Å²) in [6, 6.07) is 8.57. The Hall–Kier alpha value is -1.51. The van der Waals surface area contributed by atoms with Gasteiger partial charge in [-0.1, -0.05) is 18.2 Å². The molecule has 17 heavy (non-hydrogen) atoms. The number of hydrogen-bond donors (Lipinski definition) is 0. The fourth-order valence-corrected chi connectivity index (χ4v) is 2.34. The molecule has 0 saturated carbocycles. The molecule has 0 amide bonds. The fraction of sp³-hybridized carbons (Fsp3) is 0.500. The number of fused-ring (bicyclic) bond motifs is 1. The van der Waals surface area contributed by atoms with E-state index in [9.17, 15) is 4.79 Å². The van der Waals surface area contributed by atoms with Gasteiger partial charge in [-0.05, 0) is 31.4 Å². The van der Waals surface area contributed by atoms with Crippen molar-refractivity contribution in [2.24, 2.45) is 0 Å². The molecule has 1 aromatic carbocycles. The van der Waals surface area contributed by atoms with E-state index in [0.717, 1.165) is 19.5 Å². The Morgan fingerprint density at radius 1 is 1.47 bits per heavy atom. The lowest BCUT2D eigenvalue weighted by molar-refractivity contribution is -0.132. The van der Waals surface area contributed by atoms with Gasteiger partial charge in [0.15, 0.2) is 0 Å². The smallest absolute Gasteiger partial charge is 0.293 e. The van der Waals surface area contributed by atoms with E-state index in [1.807, 2.05) is 6.92 Å². The zero-order valence-corrected chi connectivity index (χ0v) is 10.3. The van der Waals surface area contributed by atoms with Crippen LogP contribution in [0.2, 0.25) is 0 Å². The highest BCUT2D eigenvalue weighted by molar-refractivity contribution is 5.55. The summed E-state index contributed by atoms with van der Waals surface area (Å²) in [6.07, 6.45) is 3.27. The third-order valence-electron chi connectivity index (χ3n) is 3.30. The van der Waals surface area contributed by atoms with Crippen molar-refractivity contribution in [3.05, 3.63) is 29.8 Å². The number of para-hydroxylation sites is 1. The molecule has 1 aliphatic rings. The molecule has 0 aromatic heterocycles. The molecule has 0 radical (unpaired) electrons. The Morgan fingerprint density at radius 2 is 2.29 bits per heavy atom. The van der Waals surface area contributed by atoms with Crippen molar-refractivity contribution < 1.29 is 9.53 Å². The number of rotatable bonds is 5. The van der Waals surface area contributed by atoms with Crippen molar-refractivity contribution in [2.75, 3.05) is 18.0 Å². The normalized spacial score (nSPS) is 16.2. The Labute approximate surface area is 102 Å². The monoisotopic (exact) mass is 233 g/mol. The van der Waals surface area contributed by atoms with Crippen LogP contribution >= 0.6 is 0 Å². The molecule has 0 spiro atoms. The van der Waals surface area contributed by atoms with Crippen molar-refractivity contribution in [1.82, 2.24) is 0 Å². The first-order chi connectivity index (χ1) is 8.31. The van der Waals surface area contributed by atoms with Crippen LogP contribution in [0.1, 0.15) is 25.3 Å². The quantitative estimate of drug-likeness (QED) is 0.731. The summed E-state index contributed by atoms with van der Waals surface area (Å²) in [4.78, 5) is 12.6. The third kappa shape index (κ3) is 2.99. The van der Waals surface area contributed by atoms with Crippen molar-refractivity contribution in [1.29, 1.82) is 0 Å². The standard InChI is InChI=1S/C14H19NO2/c1-12(17-11-16)8-10-15-9-4-6-13-5-2-3-7-14(13)15/h2-3,5,7,11-12H,4,6,8-10H2,1H3. The van der Waals surface area contributed by atoms with Gasteiger partial charge in [-0.15, -0.1) is 0 Å². The van der Waals surface area contributed by atoms with Crippen LogP contribution in [0.25, 0.3) is 0 Å². The van der Waals surface area contributed by atoms with Crippen molar-refractivity contribution in [2.45, 2.75) is 32.3 Å². The number of benzene rings is 1. The van der Waals surface area contributed by atoms with Crippen LogP contribution in [0, 0.1) is 0 Å². The second-order valence-electron chi connectivity index (χ2n) is 4.55. The van der Waals surface area contributed by atoms with Crippen molar-refractivity contribution in [3.8, 4) is 0 Å². The van der Waals surface area contributed by atoms with Crippen LogP contribution in [0.3, 0.4) is 0 Å². The summed E-state index contributed by atoms with van der Waals surface area (Å²) < 4.78 is 4.91. The molecule has 92 valence electrons. The largest absolute Gasteiger partial charge is 0.465 e. The summed E-state index contributed by atoms with van der Waals surface area (Å²) in [5, 5.41) is 0. The van der Waals surface area contributed by atoms with Gasteiger partial charge >= 0.3 is 0 Å². The highest BCUT2D eigenvalue weighted by Crippen LogP contribution is 2.26. The molecule has 1 aromatic rings. The highest BCUT2D eigenvalue weighted by Gasteiger charge is 2.16. The Bertz CT molecular complexity index is 378. The van der Waals surface area contributed by atoms with Crippen LogP contribution in [0.4, 0.5) is 5.69 Å². The van der Waals surface area contributed by atoms with Gasteiger partial charge in [0, 0.05) is 25.2 Å². The lowest BCUT2D eigenvalue weighted by Crippen LogP contribution is -2.32. The van der Waals surface area contributed by atoms with Gasteiger partial charge in [0.25, 0.3) is 6.47 Å². The average molecular weight is 233 g/mol. The van der Waals surface area contributed by atoms with E-state index < -0.39 is 0 Å². The Kier molecular flexibility index (Phi) is 4.02. The van der Waals surface area contributed by atoms with Crippen LogP contribution < -0.4 is 4.90 Å². The molecule has 2 rings (SSSR count). The maximum atomic E-state index is 10.2. The first-order valence-electron chi connectivity index (χ1n) is 6.23. The molecule has 1 unspecified atom stereocenters. The number of nitrogens with zero attached hydrogens (tertiary/aromatic N) is 1. The molecule has 0 N–H and O–H groups in total. The van der Waals surface area contributed by atoms with E-state index in [-0.39, 0.29) is 6.10 Å². The van der Waals surface area contributed by atoms with E-state index >= 15 is 0 Å². The predicted molar refractivity (Wildman–Crippen MR) is 68.2 cm³/mol. The zero-order valence-electron chi connectivity index (χ0n) is 10.3. The van der Waals surface area contributed by atoms with Gasteiger partial charge in [-0.25, -0.2) is 0 Å². The number of ether oxygens (including phenoxy) is 1. The van der Waals surface area contributed by atoms with E-state index in [0.29, 0.717) is 6.47 Å². The van der Waals surface area contributed by atoms with E-state index in [4.69, 9.17) is 4.74 Å². The summed E-state index contributed by atoms with van der Waals surface area (Å²) in [5.74, 6) is 0. The van der Waals surface area contributed by atoms with E-state index in [1.165, 1.54) is 24.1 Å². The Morgan fingerprint density at radius 3 is 3.12 bits per heavy atom. The van der Waals surface area contributed by atoms with Gasteiger partial charge in [0.05, 0.1) is 0 Å². The molecule has 3 heteroatoms. The number of aryl methyl sites for hydroxylation is 1. The average Bonchev–Trinajstić information content (AvgIpc) is 2.36. The van der Waals surface area contributed by atoms with Crippen LogP contribution in [-0.2, 0) is 16.0 Å². The summed E-state index contributed by atoms with van der Waals surface area (Å²) >= 11 is 0. The van der Waals surface area contributed by atoms with Gasteiger partial charge < -0.3 is 9.64 Å². The number of anilines is 1. The minimum atomic E-state index is 0.00147. The molecule has 0 aliphatic carbocycles. The van der Waals surface area contributed by atoms with Crippen LogP contribution in [0.15, 0.2) is 24.3 Å². The fourth-order valence-electron chi connectivity index (χ4n) is 2.34. The molecule has 1 atom stereocenters. The minimum Gasteiger partial charge on any atom is -0.465 e. The SMILES string of the molecule is CC(CCN1CCCc2ccccc21)OC=O. The maximum Gasteiger partial charge on any atom is 0.293 e. The van der Waals surface area contributed by atoms with E-state index in [2.05, 4.69) is 29.2 Å². The predicted octanol–water partition coefficient (Wildman–Crippen LogP) is 2.39. The topological polar surface area (TPSA) is 29.5 Å². The first kappa shape index (κ1) is 12.0. The molecule has 1 heterocycles. The van der Waals surface area contributed by atoms with Crippen molar-refractivity contribution >= 4 is 12.2 Å². The third-order valence-corrected chi connectivity index (χ3v) is 3.30. The molecular formula is C14H19NO2. The summed E-state index contributed by atoms with van der Waals surface area (Å²) in [5.41, 5.74) is 2.78. The van der Waals surface area contributed by atoms with Crippen LogP contribution in [0.5, 0.6) is 0 Å². The maximum absolute atomic E-state index is 10.2. The molecule has 0 fully saturated rings. The minimum absolute atomic E-state index is 0.00147. The lowest BCUT2D eigenvalue weighted by Gasteiger charge is -2.31. The number of hydrogen-bond acceptors (Lipinski definition) is 3. The zero-order chi connectivity index (χ0) is 12.1. The number of carbonyl (C=O) groups is 1. The van der Waals surface area contributed by atoms with Gasteiger partial charge in [0.1, 0.15) is 6.10 Å². The first-order valence-corrected chi connectivity index (χ1v) is 6.23. The van der Waals surface area contributed by atoms with Gasteiger partial charge in [-0.3, -0.25) is 4.79 Å². The molecule has 0 bridgehead atoms. The number of carbonyl (C=O) groups excluding carboxylic acids is 1. The lowest BCUT2D eigenvalue weighted by atomic mass is 10.0. The molecule has 1 aliphatic heterocycles. The molecular weight excluding hydrogens is 214 g/mol. The van der Waals surface area contributed by atoms with Crippen molar-refractivity contribution in [3.63, 3.8) is 0 Å². The second kappa shape index (κ2) is 5.71. The van der Waals surface area contributed by atoms with Crippen LogP contribution in [-0.4, -0.2) is 25.7 Å². The second-order valence-corrected chi connectivity index (χ2v) is 4.55. The van der Waals surface area contributed by atoms with Gasteiger partial charge in [-0.2, -0.15) is 0 Å². The highest BCUT2D eigenvalue weighted by atomic mass is 16.5. The summed E-state index contributed by atoms with van der Waals surface area (Å²) in [7, 11) is 0.